The van der Waals surface area contributed by atoms with Gasteiger partial charge in [0.1, 0.15) is 0 Å². The molecule has 0 fully saturated rings. The van der Waals surface area contributed by atoms with E-state index in [1.54, 1.807) is 6.07 Å². The van der Waals surface area contributed by atoms with Crippen LogP contribution in [0.1, 0.15) is 56.0 Å². The van der Waals surface area contributed by atoms with Crippen LogP contribution in [0, 0.1) is 0 Å². The van der Waals surface area contributed by atoms with E-state index in [4.69, 9.17) is 5.73 Å². The SMILES string of the molecule is CCC(CC)(CC)NCc1cccc(C(N)=O)c1. The van der Waals surface area contributed by atoms with Crippen molar-refractivity contribution in [2.75, 3.05) is 0 Å². The molecule has 3 heteroatoms. The van der Waals surface area contributed by atoms with Gasteiger partial charge in [0, 0.05) is 17.6 Å². The van der Waals surface area contributed by atoms with Crippen LogP contribution in [0.25, 0.3) is 0 Å². The van der Waals surface area contributed by atoms with E-state index in [-0.39, 0.29) is 11.4 Å². The zero-order chi connectivity index (χ0) is 13.6. The zero-order valence-electron chi connectivity index (χ0n) is 11.6. The van der Waals surface area contributed by atoms with Crippen molar-refractivity contribution in [1.29, 1.82) is 0 Å². The van der Waals surface area contributed by atoms with Crippen LogP contribution in [0.2, 0.25) is 0 Å². The molecule has 0 spiro atoms. The Morgan fingerprint density at radius 1 is 1.22 bits per heavy atom. The van der Waals surface area contributed by atoms with E-state index in [0.717, 1.165) is 31.4 Å². The van der Waals surface area contributed by atoms with Gasteiger partial charge in [-0.05, 0) is 37.0 Å². The number of primary amides is 1. The summed E-state index contributed by atoms with van der Waals surface area (Å²) in [6, 6.07) is 7.51. The third-order valence-corrected chi connectivity index (χ3v) is 3.91. The summed E-state index contributed by atoms with van der Waals surface area (Å²) in [5.74, 6) is -0.371. The number of hydrogen-bond acceptors (Lipinski definition) is 2. The van der Waals surface area contributed by atoms with Crippen molar-refractivity contribution in [3.05, 3.63) is 35.4 Å². The summed E-state index contributed by atoms with van der Waals surface area (Å²) in [6.45, 7) is 7.40. The van der Waals surface area contributed by atoms with Crippen LogP contribution >= 0.6 is 0 Å². The van der Waals surface area contributed by atoms with Crippen molar-refractivity contribution in [3.63, 3.8) is 0 Å². The maximum Gasteiger partial charge on any atom is 0.248 e. The molecule has 0 aliphatic heterocycles. The van der Waals surface area contributed by atoms with Crippen molar-refractivity contribution in [1.82, 2.24) is 5.32 Å². The first kappa shape index (κ1) is 14.7. The minimum Gasteiger partial charge on any atom is -0.366 e. The van der Waals surface area contributed by atoms with Gasteiger partial charge in [-0.15, -0.1) is 0 Å². The molecule has 0 atom stereocenters. The lowest BCUT2D eigenvalue weighted by molar-refractivity contribution is 0.1000. The number of nitrogens with one attached hydrogen (secondary N) is 1. The lowest BCUT2D eigenvalue weighted by atomic mass is 9.89. The molecule has 18 heavy (non-hydrogen) atoms. The van der Waals surface area contributed by atoms with Crippen molar-refractivity contribution in [2.24, 2.45) is 5.73 Å². The molecule has 3 N–H and O–H groups in total. The summed E-state index contributed by atoms with van der Waals surface area (Å²) in [7, 11) is 0. The Bertz CT molecular complexity index is 389. The van der Waals surface area contributed by atoms with Crippen LogP contribution in [0.4, 0.5) is 0 Å². The molecule has 0 saturated carbocycles. The smallest absolute Gasteiger partial charge is 0.248 e. The molecule has 1 aromatic rings. The summed E-state index contributed by atoms with van der Waals surface area (Å²) >= 11 is 0. The molecule has 0 unspecified atom stereocenters. The van der Waals surface area contributed by atoms with Gasteiger partial charge in [-0.3, -0.25) is 4.79 Å². The van der Waals surface area contributed by atoms with Crippen molar-refractivity contribution >= 4 is 5.91 Å². The number of carbonyl (C=O) groups excluding carboxylic acids is 1. The molecule has 1 amide bonds. The number of benzene rings is 1. The quantitative estimate of drug-likeness (QED) is 0.779. The van der Waals surface area contributed by atoms with Crippen molar-refractivity contribution in [3.8, 4) is 0 Å². The van der Waals surface area contributed by atoms with Crippen LogP contribution in [0.3, 0.4) is 0 Å². The molecule has 100 valence electrons. The van der Waals surface area contributed by atoms with E-state index in [9.17, 15) is 4.79 Å². The first-order valence-electron chi connectivity index (χ1n) is 6.70. The lowest BCUT2D eigenvalue weighted by Crippen LogP contribution is -2.43. The van der Waals surface area contributed by atoms with Gasteiger partial charge in [0.05, 0.1) is 0 Å². The second kappa shape index (κ2) is 6.55. The molecule has 3 nitrogen and oxygen atoms in total. The summed E-state index contributed by atoms with van der Waals surface area (Å²) in [5.41, 5.74) is 7.16. The van der Waals surface area contributed by atoms with Gasteiger partial charge in [0.25, 0.3) is 0 Å². The van der Waals surface area contributed by atoms with Gasteiger partial charge in [-0.1, -0.05) is 32.9 Å². The van der Waals surface area contributed by atoms with Crippen LogP contribution in [0.15, 0.2) is 24.3 Å². The number of amides is 1. The highest BCUT2D eigenvalue weighted by Gasteiger charge is 2.22. The Labute approximate surface area is 110 Å². The molecule has 0 aromatic heterocycles. The molecule has 0 aliphatic rings. The van der Waals surface area contributed by atoms with Crippen LogP contribution in [-0.4, -0.2) is 11.4 Å². The summed E-state index contributed by atoms with van der Waals surface area (Å²) in [4.78, 5) is 11.1. The van der Waals surface area contributed by atoms with Gasteiger partial charge in [-0.25, -0.2) is 0 Å². The number of rotatable bonds is 7. The maximum absolute atomic E-state index is 11.1. The van der Waals surface area contributed by atoms with E-state index < -0.39 is 0 Å². The standard InChI is InChI=1S/C15H24N2O/c1-4-15(5-2,6-3)17-11-12-8-7-9-13(10-12)14(16)18/h7-10,17H,4-6,11H2,1-3H3,(H2,16,18). The molecular formula is C15H24N2O. The predicted molar refractivity (Wildman–Crippen MR) is 75.4 cm³/mol. The van der Waals surface area contributed by atoms with Gasteiger partial charge >= 0.3 is 0 Å². The van der Waals surface area contributed by atoms with Crippen LogP contribution in [-0.2, 0) is 6.54 Å². The summed E-state index contributed by atoms with van der Waals surface area (Å²) < 4.78 is 0. The van der Waals surface area contributed by atoms with Crippen molar-refractivity contribution < 1.29 is 4.79 Å². The normalized spacial score (nSPS) is 11.5. The fourth-order valence-electron chi connectivity index (χ4n) is 2.25. The van der Waals surface area contributed by atoms with Crippen LogP contribution in [0.5, 0.6) is 0 Å². The molecule has 0 aliphatic carbocycles. The van der Waals surface area contributed by atoms with E-state index in [1.807, 2.05) is 18.2 Å². The fraction of sp³-hybridized carbons (Fsp3) is 0.533. The molecule has 0 saturated heterocycles. The topological polar surface area (TPSA) is 55.1 Å². The Balaban J connectivity index is 2.73. The van der Waals surface area contributed by atoms with E-state index >= 15 is 0 Å². The summed E-state index contributed by atoms with van der Waals surface area (Å²) in [6.07, 6.45) is 3.32. The van der Waals surface area contributed by atoms with Gasteiger partial charge in [-0.2, -0.15) is 0 Å². The molecule has 0 radical (unpaired) electrons. The Hall–Kier alpha value is -1.35. The predicted octanol–water partition coefficient (Wildman–Crippen LogP) is 2.84. The monoisotopic (exact) mass is 248 g/mol. The van der Waals surface area contributed by atoms with E-state index in [1.165, 1.54) is 0 Å². The number of carbonyl (C=O) groups is 1. The lowest BCUT2D eigenvalue weighted by Gasteiger charge is -2.32. The zero-order valence-corrected chi connectivity index (χ0v) is 11.6. The molecule has 0 heterocycles. The second-order valence-corrected chi connectivity index (χ2v) is 4.76. The highest BCUT2D eigenvalue weighted by molar-refractivity contribution is 5.92. The van der Waals surface area contributed by atoms with Gasteiger partial charge in [0.2, 0.25) is 5.91 Å². The molecule has 1 rings (SSSR count). The minimum atomic E-state index is -0.371. The third kappa shape index (κ3) is 3.57. The molecule has 0 bridgehead atoms. The highest BCUT2D eigenvalue weighted by atomic mass is 16.1. The van der Waals surface area contributed by atoms with Crippen LogP contribution < -0.4 is 11.1 Å². The number of hydrogen-bond donors (Lipinski definition) is 2. The molecular weight excluding hydrogens is 224 g/mol. The fourth-order valence-corrected chi connectivity index (χ4v) is 2.25. The van der Waals surface area contributed by atoms with Crippen molar-refractivity contribution in [2.45, 2.75) is 52.1 Å². The molecule has 1 aromatic carbocycles. The third-order valence-electron chi connectivity index (χ3n) is 3.91. The Kier molecular flexibility index (Phi) is 5.35. The average molecular weight is 248 g/mol. The number of nitrogens with two attached hydrogens (primary N) is 1. The average Bonchev–Trinajstić information content (AvgIpc) is 2.41. The Morgan fingerprint density at radius 2 is 1.83 bits per heavy atom. The van der Waals surface area contributed by atoms with Gasteiger partial charge < -0.3 is 11.1 Å². The largest absolute Gasteiger partial charge is 0.366 e. The second-order valence-electron chi connectivity index (χ2n) is 4.76. The summed E-state index contributed by atoms with van der Waals surface area (Å²) in [5, 5.41) is 3.61. The highest BCUT2D eigenvalue weighted by Crippen LogP contribution is 2.20. The maximum atomic E-state index is 11.1. The van der Waals surface area contributed by atoms with Gasteiger partial charge in [0.15, 0.2) is 0 Å². The van der Waals surface area contributed by atoms with E-state index in [0.29, 0.717) is 5.56 Å². The first-order valence-corrected chi connectivity index (χ1v) is 6.70. The van der Waals surface area contributed by atoms with E-state index in [2.05, 4.69) is 26.1 Å². The minimum absolute atomic E-state index is 0.197. The Morgan fingerprint density at radius 3 is 2.33 bits per heavy atom. The first-order chi connectivity index (χ1) is 8.56.